The van der Waals surface area contributed by atoms with Crippen LogP contribution in [0.3, 0.4) is 0 Å². The molecule has 15 heteroatoms. The van der Waals surface area contributed by atoms with Crippen molar-refractivity contribution >= 4 is 29.5 Å². The minimum atomic E-state index is -1.51. The Bertz CT molecular complexity index is 1370. The van der Waals surface area contributed by atoms with Crippen LogP contribution in [-0.4, -0.2) is 86.2 Å². The summed E-state index contributed by atoms with van der Waals surface area (Å²) >= 11 is 0. The van der Waals surface area contributed by atoms with Crippen LogP contribution in [-0.2, 0) is 42.9 Å². The normalized spacial score (nSPS) is 22.6. The maximum Gasteiger partial charge on any atom is 0.305 e. The summed E-state index contributed by atoms with van der Waals surface area (Å²) in [6.45, 7) is 5.97. The van der Waals surface area contributed by atoms with Crippen molar-refractivity contribution in [2.24, 2.45) is 0 Å². The number of tetrazole rings is 1. The molecule has 3 heterocycles. The van der Waals surface area contributed by atoms with Crippen molar-refractivity contribution in [1.82, 2.24) is 25.0 Å². The Balaban J connectivity index is 1.75. The zero-order valence-corrected chi connectivity index (χ0v) is 21.8. The fraction of sp³-hybridized carbons (Fsp3) is 0.458. The molecule has 1 aliphatic rings. The first-order valence-electron chi connectivity index (χ1n) is 11.9. The Morgan fingerprint density at radius 2 is 1.51 bits per heavy atom. The van der Waals surface area contributed by atoms with Crippen molar-refractivity contribution in [3.05, 3.63) is 36.0 Å². The number of hydrogen-bond donors (Lipinski definition) is 0. The minimum Gasteiger partial charge on any atom is -0.463 e. The topological polar surface area (TPSA) is 172 Å². The lowest BCUT2D eigenvalue weighted by atomic mass is 9.98. The van der Waals surface area contributed by atoms with Gasteiger partial charge in [-0.2, -0.15) is 5.10 Å². The van der Waals surface area contributed by atoms with Gasteiger partial charge in [0.05, 0.1) is 11.3 Å². The van der Waals surface area contributed by atoms with Gasteiger partial charge in [-0.15, -0.1) is 5.10 Å². The minimum absolute atomic E-state index is 0.354. The van der Waals surface area contributed by atoms with Gasteiger partial charge in [0, 0.05) is 32.7 Å². The third kappa shape index (κ3) is 6.14. The highest BCUT2D eigenvalue weighted by Crippen LogP contribution is 2.30. The van der Waals surface area contributed by atoms with E-state index in [4.69, 9.17) is 28.5 Å². The summed E-state index contributed by atoms with van der Waals surface area (Å²) in [5.74, 6) is -2.89. The number of fused-ring (bicyclic) bond motifs is 1. The van der Waals surface area contributed by atoms with Crippen molar-refractivity contribution in [1.29, 1.82) is 0 Å². The van der Waals surface area contributed by atoms with Gasteiger partial charge in [0.25, 0.3) is 0 Å². The van der Waals surface area contributed by atoms with Crippen LogP contribution in [0.4, 0.5) is 0 Å². The number of esters is 4. The van der Waals surface area contributed by atoms with E-state index in [9.17, 15) is 19.2 Å². The molecule has 1 aromatic carbocycles. The van der Waals surface area contributed by atoms with E-state index in [2.05, 4.69) is 15.4 Å². The third-order valence-corrected chi connectivity index (χ3v) is 5.60. The third-order valence-electron chi connectivity index (χ3n) is 5.60. The summed E-state index contributed by atoms with van der Waals surface area (Å²) < 4.78 is 28.3. The highest BCUT2D eigenvalue weighted by atomic mass is 16.8. The Hall–Kier alpha value is -4.53. The lowest BCUT2D eigenvalue weighted by Gasteiger charge is -2.43. The molecular weight excluding hydrogens is 518 g/mol. The molecule has 1 fully saturated rings. The smallest absolute Gasteiger partial charge is 0.305 e. The molecule has 0 N–H and O–H groups in total. The van der Waals surface area contributed by atoms with Gasteiger partial charge in [0.15, 0.2) is 12.2 Å². The summed E-state index contributed by atoms with van der Waals surface area (Å²) in [4.78, 5) is 54.4. The van der Waals surface area contributed by atoms with Crippen LogP contribution in [0.2, 0.25) is 0 Å². The van der Waals surface area contributed by atoms with E-state index in [1.165, 1.54) is 11.6 Å². The quantitative estimate of drug-likeness (QED) is 0.282. The average molecular weight is 546 g/mol. The summed E-state index contributed by atoms with van der Waals surface area (Å²) in [5, 5.41) is 12.6. The molecule has 4 rings (SSSR count). The van der Waals surface area contributed by atoms with Crippen molar-refractivity contribution in [3.8, 4) is 11.1 Å². The second kappa shape index (κ2) is 11.5. The van der Waals surface area contributed by atoms with Gasteiger partial charge in [-0.25, -0.2) is 0 Å². The molecular formula is C24H27N5O10. The molecule has 1 saturated heterocycles. The Labute approximate surface area is 221 Å². The molecule has 2 aromatic heterocycles. The van der Waals surface area contributed by atoms with Crippen LogP contribution in [0.5, 0.6) is 0 Å². The molecule has 1 aliphatic heterocycles. The van der Waals surface area contributed by atoms with Gasteiger partial charge in [-0.05, 0) is 17.7 Å². The lowest BCUT2D eigenvalue weighted by Crippen LogP contribution is -2.65. The molecule has 3 aromatic rings. The van der Waals surface area contributed by atoms with Gasteiger partial charge >= 0.3 is 23.9 Å². The molecule has 0 bridgehead atoms. The zero-order chi connectivity index (χ0) is 28.3. The van der Waals surface area contributed by atoms with Crippen molar-refractivity contribution in [3.63, 3.8) is 0 Å². The van der Waals surface area contributed by atoms with Crippen LogP contribution in [0.1, 0.15) is 33.4 Å². The lowest BCUT2D eigenvalue weighted by molar-refractivity contribution is -0.309. The largest absolute Gasteiger partial charge is 0.463 e. The summed E-state index contributed by atoms with van der Waals surface area (Å²) in [5.41, 5.74) is 2.53. The summed E-state index contributed by atoms with van der Waals surface area (Å²) in [6, 6.07) is 9.39. The van der Waals surface area contributed by atoms with Crippen LogP contribution in [0.15, 0.2) is 30.3 Å². The first-order chi connectivity index (χ1) is 18.5. The average Bonchev–Trinajstić information content (AvgIpc) is 3.38. The SMILES string of the molecule is CC(=O)OC[C@@H]1O[C@H](OC(C)=O)[C@H](On2nnc3c(-c4ccccc4)c(C)nn32)[C@H](OC(C)=O)[C@@H]1OC(C)=O. The molecule has 208 valence electrons. The number of hydrogen-bond acceptors (Lipinski definition) is 13. The van der Waals surface area contributed by atoms with Crippen LogP contribution in [0, 0.1) is 6.92 Å². The summed E-state index contributed by atoms with van der Waals surface area (Å²) in [6.07, 6.45) is -6.83. The highest BCUT2D eigenvalue weighted by Gasteiger charge is 2.54. The number of nitrogens with zero attached hydrogens (tertiary/aromatic N) is 5. The van der Waals surface area contributed by atoms with Crippen LogP contribution < -0.4 is 4.84 Å². The van der Waals surface area contributed by atoms with Gasteiger partial charge < -0.3 is 28.5 Å². The van der Waals surface area contributed by atoms with Crippen LogP contribution >= 0.6 is 0 Å². The Kier molecular flexibility index (Phi) is 8.09. The predicted octanol–water partition coefficient (Wildman–Crippen LogP) is 0.413. The van der Waals surface area contributed by atoms with Gasteiger partial charge in [-0.1, -0.05) is 35.0 Å². The van der Waals surface area contributed by atoms with Crippen molar-refractivity contribution in [2.45, 2.75) is 65.3 Å². The number of carbonyl (C=O) groups excluding carboxylic acids is 4. The maximum atomic E-state index is 12.1. The number of ether oxygens (including phenoxy) is 5. The number of rotatable bonds is 8. The molecule has 0 aliphatic carbocycles. The second-order valence-corrected chi connectivity index (χ2v) is 8.65. The van der Waals surface area contributed by atoms with E-state index < -0.39 is 61.2 Å². The molecule has 0 saturated carbocycles. The molecule has 0 radical (unpaired) electrons. The summed E-state index contributed by atoms with van der Waals surface area (Å²) in [7, 11) is 0. The Morgan fingerprint density at radius 3 is 2.13 bits per heavy atom. The Morgan fingerprint density at radius 1 is 0.872 bits per heavy atom. The first-order valence-corrected chi connectivity index (χ1v) is 11.9. The predicted molar refractivity (Wildman–Crippen MR) is 127 cm³/mol. The fourth-order valence-electron chi connectivity index (χ4n) is 4.19. The molecule has 0 unspecified atom stereocenters. The molecule has 15 nitrogen and oxygen atoms in total. The highest BCUT2D eigenvalue weighted by molar-refractivity contribution is 5.79. The number of carbonyl (C=O) groups is 4. The molecule has 0 amide bonds. The van der Waals surface area contributed by atoms with E-state index >= 15 is 0 Å². The van der Waals surface area contributed by atoms with E-state index in [-0.39, 0.29) is 0 Å². The second-order valence-electron chi connectivity index (χ2n) is 8.65. The van der Waals surface area contributed by atoms with E-state index in [0.717, 1.165) is 31.3 Å². The maximum absolute atomic E-state index is 12.1. The van der Waals surface area contributed by atoms with E-state index in [0.29, 0.717) is 16.9 Å². The fourth-order valence-corrected chi connectivity index (χ4v) is 4.19. The molecule has 0 spiro atoms. The monoisotopic (exact) mass is 545 g/mol. The van der Waals surface area contributed by atoms with Gasteiger partial charge in [0.1, 0.15) is 12.7 Å². The van der Waals surface area contributed by atoms with E-state index in [1.54, 1.807) is 6.92 Å². The molecule has 5 atom stereocenters. The first kappa shape index (κ1) is 27.5. The number of aromatic nitrogens is 5. The van der Waals surface area contributed by atoms with E-state index in [1.807, 2.05) is 30.3 Å². The van der Waals surface area contributed by atoms with Crippen molar-refractivity contribution in [2.75, 3.05) is 6.61 Å². The number of benzene rings is 1. The van der Waals surface area contributed by atoms with Crippen molar-refractivity contribution < 1.29 is 47.7 Å². The van der Waals surface area contributed by atoms with Crippen LogP contribution in [0.25, 0.3) is 16.8 Å². The van der Waals surface area contributed by atoms with Gasteiger partial charge in [0.2, 0.25) is 18.0 Å². The van der Waals surface area contributed by atoms with Gasteiger partial charge in [-0.3, -0.25) is 19.2 Å². The number of aryl methyl sites for hydroxylation is 1. The zero-order valence-electron chi connectivity index (χ0n) is 21.8. The molecule has 39 heavy (non-hydrogen) atoms. The standard InChI is InChI=1S/C24H27N5O10/c1-12-19(17-9-7-6-8-10-17)23-25-27-29(28(23)26-12)39-22-21(36-15(4)32)20(35-14(3)31)18(11-34-13(2)30)38-24(22)37-16(5)33/h6-10,18,20-22,24H,11H2,1-5H3/t18-,20+,21+,22+,24-/m0/s1.